The number of sulfonamides is 1. The fourth-order valence-corrected chi connectivity index (χ4v) is 4.99. The van der Waals surface area contributed by atoms with Crippen LogP contribution in [0.5, 0.6) is 0 Å². The van der Waals surface area contributed by atoms with E-state index in [1.54, 1.807) is 41.3 Å². The summed E-state index contributed by atoms with van der Waals surface area (Å²) in [4.78, 5) is 14.4. The van der Waals surface area contributed by atoms with Crippen molar-refractivity contribution in [2.75, 3.05) is 31.0 Å². The van der Waals surface area contributed by atoms with Gasteiger partial charge in [-0.3, -0.25) is 9.52 Å². The van der Waals surface area contributed by atoms with Gasteiger partial charge in [0.25, 0.3) is 10.0 Å². The van der Waals surface area contributed by atoms with E-state index in [9.17, 15) is 13.2 Å². The highest BCUT2D eigenvalue weighted by Crippen LogP contribution is 2.25. The molecule has 1 saturated heterocycles. The van der Waals surface area contributed by atoms with Crippen molar-refractivity contribution in [2.45, 2.75) is 37.0 Å². The molecule has 1 fully saturated rings. The van der Waals surface area contributed by atoms with E-state index in [1.807, 2.05) is 6.07 Å². The van der Waals surface area contributed by atoms with E-state index in [-0.39, 0.29) is 5.91 Å². The van der Waals surface area contributed by atoms with Crippen molar-refractivity contribution in [3.63, 3.8) is 0 Å². The monoisotopic (exact) mass is 414 g/mol. The van der Waals surface area contributed by atoms with Gasteiger partial charge in [0.15, 0.2) is 0 Å². The maximum atomic E-state index is 12.8. The number of fused-ring (bicyclic) bond motifs is 1. The second-order valence-electron chi connectivity index (χ2n) is 7.61. The van der Waals surface area contributed by atoms with Crippen LogP contribution in [-0.4, -0.2) is 45.5 Å². The standard InChI is InChI=1S/C22H26N2O4S/c25-22(24-11-13-28-14-12-24)15-17-5-8-20(9-6-17)23-29(26,27)21-10-7-18-3-1-2-4-19(18)16-21/h5-10,16,23H,1-4,11-15H2. The van der Waals surface area contributed by atoms with Gasteiger partial charge in [0.05, 0.1) is 24.5 Å². The second kappa shape index (κ2) is 8.55. The number of carbonyl (C=O) groups is 1. The van der Waals surface area contributed by atoms with Gasteiger partial charge in [-0.15, -0.1) is 0 Å². The molecule has 1 heterocycles. The maximum Gasteiger partial charge on any atom is 0.261 e. The van der Waals surface area contributed by atoms with Gasteiger partial charge >= 0.3 is 0 Å². The Labute approximate surface area is 171 Å². The summed E-state index contributed by atoms with van der Waals surface area (Å²) in [5.74, 6) is 0.0655. The van der Waals surface area contributed by atoms with Crippen molar-refractivity contribution >= 4 is 21.6 Å². The Hall–Kier alpha value is -2.38. The molecule has 0 unspecified atom stereocenters. The van der Waals surface area contributed by atoms with Gasteiger partial charge in [0.1, 0.15) is 0 Å². The van der Waals surface area contributed by atoms with Crippen LogP contribution in [0.3, 0.4) is 0 Å². The van der Waals surface area contributed by atoms with Crippen LogP contribution in [-0.2, 0) is 38.8 Å². The molecule has 2 aliphatic rings. The number of aryl methyl sites for hydroxylation is 2. The normalized spacial score (nSPS) is 16.9. The van der Waals surface area contributed by atoms with E-state index in [0.29, 0.717) is 43.3 Å². The summed E-state index contributed by atoms with van der Waals surface area (Å²) < 4.78 is 33.5. The molecular weight excluding hydrogens is 388 g/mol. The third-order valence-electron chi connectivity index (χ3n) is 5.56. The van der Waals surface area contributed by atoms with E-state index < -0.39 is 10.0 Å². The van der Waals surface area contributed by atoms with Crippen molar-refractivity contribution in [3.05, 3.63) is 59.2 Å². The summed E-state index contributed by atoms with van der Waals surface area (Å²) in [6.45, 7) is 2.40. The number of rotatable bonds is 5. The largest absolute Gasteiger partial charge is 0.378 e. The first-order chi connectivity index (χ1) is 14.0. The van der Waals surface area contributed by atoms with Crippen molar-refractivity contribution in [1.82, 2.24) is 4.90 Å². The molecule has 1 N–H and O–H groups in total. The quantitative estimate of drug-likeness (QED) is 0.816. The highest BCUT2D eigenvalue weighted by Gasteiger charge is 2.19. The molecule has 7 heteroatoms. The summed E-state index contributed by atoms with van der Waals surface area (Å²) in [7, 11) is -3.64. The van der Waals surface area contributed by atoms with Crippen LogP contribution in [0.4, 0.5) is 5.69 Å². The zero-order valence-electron chi connectivity index (χ0n) is 16.4. The minimum absolute atomic E-state index is 0.0655. The third-order valence-corrected chi connectivity index (χ3v) is 6.93. The molecule has 0 atom stereocenters. The van der Waals surface area contributed by atoms with Crippen LogP contribution in [0.15, 0.2) is 47.4 Å². The molecule has 2 aromatic carbocycles. The van der Waals surface area contributed by atoms with Crippen LogP contribution in [0.1, 0.15) is 29.5 Å². The Morgan fingerprint density at radius 1 is 0.966 bits per heavy atom. The van der Waals surface area contributed by atoms with Crippen molar-refractivity contribution < 1.29 is 17.9 Å². The van der Waals surface area contributed by atoms with Gasteiger partial charge in [-0.1, -0.05) is 18.2 Å². The van der Waals surface area contributed by atoms with E-state index in [1.165, 1.54) is 5.56 Å². The summed E-state index contributed by atoms with van der Waals surface area (Å²) in [5, 5.41) is 0. The number of morpholine rings is 1. The Morgan fingerprint density at radius 3 is 2.38 bits per heavy atom. The SMILES string of the molecule is O=C(Cc1ccc(NS(=O)(=O)c2ccc3c(c2)CCCC3)cc1)N1CCOCC1. The second-order valence-corrected chi connectivity index (χ2v) is 9.29. The summed E-state index contributed by atoms with van der Waals surface area (Å²) >= 11 is 0. The minimum Gasteiger partial charge on any atom is -0.378 e. The van der Waals surface area contributed by atoms with Gasteiger partial charge in [0, 0.05) is 18.8 Å². The summed E-state index contributed by atoms with van der Waals surface area (Å²) in [6.07, 6.45) is 4.53. The first-order valence-electron chi connectivity index (χ1n) is 10.1. The number of carbonyl (C=O) groups excluding carboxylic acids is 1. The molecular formula is C22H26N2O4S. The van der Waals surface area contributed by atoms with Crippen LogP contribution in [0.25, 0.3) is 0 Å². The fourth-order valence-electron chi connectivity index (χ4n) is 3.88. The zero-order chi connectivity index (χ0) is 20.3. The molecule has 0 saturated carbocycles. The minimum atomic E-state index is -3.64. The lowest BCUT2D eigenvalue weighted by Gasteiger charge is -2.26. The van der Waals surface area contributed by atoms with Gasteiger partial charge in [0.2, 0.25) is 5.91 Å². The predicted molar refractivity (Wildman–Crippen MR) is 111 cm³/mol. The lowest BCUT2D eigenvalue weighted by atomic mass is 9.92. The highest BCUT2D eigenvalue weighted by atomic mass is 32.2. The molecule has 6 nitrogen and oxygen atoms in total. The number of hydrogen-bond acceptors (Lipinski definition) is 4. The molecule has 1 amide bonds. The van der Waals surface area contributed by atoms with Crippen LogP contribution in [0, 0.1) is 0 Å². The van der Waals surface area contributed by atoms with Crippen LogP contribution < -0.4 is 4.72 Å². The Kier molecular flexibility index (Phi) is 5.87. The van der Waals surface area contributed by atoms with Crippen molar-refractivity contribution in [2.24, 2.45) is 0 Å². The molecule has 29 heavy (non-hydrogen) atoms. The number of nitrogens with one attached hydrogen (secondary N) is 1. The Bertz CT molecular complexity index is 980. The Morgan fingerprint density at radius 2 is 1.66 bits per heavy atom. The van der Waals surface area contributed by atoms with Crippen LogP contribution in [0.2, 0.25) is 0 Å². The average molecular weight is 415 g/mol. The van der Waals surface area contributed by atoms with Gasteiger partial charge in [-0.25, -0.2) is 8.42 Å². The number of anilines is 1. The molecule has 0 bridgehead atoms. The predicted octanol–water partition coefficient (Wildman–Crippen LogP) is 2.77. The van der Waals surface area contributed by atoms with Crippen LogP contribution >= 0.6 is 0 Å². The first-order valence-corrected chi connectivity index (χ1v) is 11.6. The topological polar surface area (TPSA) is 75.7 Å². The van der Waals surface area contributed by atoms with Gasteiger partial charge < -0.3 is 9.64 Å². The number of benzene rings is 2. The number of ether oxygens (including phenoxy) is 1. The number of hydrogen-bond donors (Lipinski definition) is 1. The Balaban J connectivity index is 1.42. The molecule has 1 aliphatic heterocycles. The van der Waals surface area contributed by atoms with Crippen molar-refractivity contribution in [3.8, 4) is 0 Å². The van der Waals surface area contributed by atoms with E-state index in [2.05, 4.69) is 4.72 Å². The molecule has 1 aliphatic carbocycles. The molecule has 0 aromatic heterocycles. The number of nitrogens with zero attached hydrogens (tertiary/aromatic N) is 1. The summed E-state index contributed by atoms with van der Waals surface area (Å²) in [6, 6.07) is 12.4. The van der Waals surface area contributed by atoms with Gasteiger partial charge in [-0.05, 0) is 66.6 Å². The van der Waals surface area contributed by atoms with Gasteiger partial charge in [-0.2, -0.15) is 0 Å². The summed E-state index contributed by atoms with van der Waals surface area (Å²) in [5.41, 5.74) is 3.74. The average Bonchev–Trinajstić information content (AvgIpc) is 2.75. The maximum absolute atomic E-state index is 12.8. The zero-order valence-corrected chi connectivity index (χ0v) is 17.2. The smallest absolute Gasteiger partial charge is 0.261 e. The fraction of sp³-hybridized carbons (Fsp3) is 0.409. The van der Waals surface area contributed by atoms with E-state index in [0.717, 1.165) is 36.8 Å². The highest BCUT2D eigenvalue weighted by molar-refractivity contribution is 7.92. The third kappa shape index (κ3) is 4.79. The van der Waals surface area contributed by atoms with E-state index in [4.69, 9.17) is 4.74 Å². The van der Waals surface area contributed by atoms with E-state index >= 15 is 0 Å². The molecule has 0 radical (unpaired) electrons. The lowest BCUT2D eigenvalue weighted by molar-refractivity contribution is -0.134. The first kappa shape index (κ1) is 19.9. The lowest BCUT2D eigenvalue weighted by Crippen LogP contribution is -2.41. The molecule has 4 rings (SSSR count). The molecule has 154 valence electrons. The number of amides is 1. The molecule has 0 spiro atoms. The van der Waals surface area contributed by atoms with Crippen molar-refractivity contribution in [1.29, 1.82) is 0 Å². The molecule has 2 aromatic rings.